The molecule has 16 heavy (non-hydrogen) atoms. The SMILES string of the molecule is C#CCCCCC(=O)N1CC2CNCC2C1. The van der Waals surface area contributed by atoms with Gasteiger partial charge in [0.15, 0.2) is 0 Å². The van der Waals surface area contributed by atoms with Gasteiger partial charge in [0, 0.05) is 39.0 Å². The van der Waals surface area contributed by atoms with Crippen LogP contribution >= 0.6 is 0 Å². The largest absolute Gasteiger partial charge is 0.342 e. The van der Waals surface area contributed by atoms with Crippen LogP contribution in [-0.4, -0.2) is 37.0 Å². The zero-order valence-electron chi connectivity index (χ0n) is 9.74. The lowest BCUT2D eigenvalue weighted by Crippen LogP contribution is -2.31. The van der Waals surface area contributed by atoms with Gasteiger partial charge < -0.3 is 10.2 Å². The summed E-state index contributed by atoms with van der Waals surface area (Å²) in [4.78, 5) is 13.9. The van der Waals surface area contributed by atoms with Crippen molar-refractivity contribution in [1.29, 1.82) is 0 Å². The molecule has 0 aliphatic carbocycles. The highest BCUT2D eigenvalue weighted by Crippen LogP contribution is 2.26. The first kappa shape index (κ1) is 11.5. The minimum Gasteiger partial charge on any atom is -0.342 e. The number of hydrogen-bond donors (Lipinski definition) is 1. The summed E-state index contributed by atoms with van der Waals surface area (Å²) >= 11 is 0. The summed E-state index contributed by atoms with van der Waals surface area (Å²) in [7, 11) is 0. The molecular weight excluding hydrogens is 200 g/mol. The summed E-state index contributed by atoms with van der Waals surface area (Å²) in [6.07, 6.45) is 8.56. The zero-order valence-corrected chi connectivity index (χ0v) is 9.74. The topological polar surface area (TPSA) is 32.3 Å². The van der Waals surface area contributed by atoms with E-state index in [1.165, 1.54) is 0 Å². The Morgan fingerprint density at radius 1 is 1.31 bits per heavy atom. The minimum absolute atomic E-state index is 0.325. The first-order valence-electron chi connectivity index (χ1n) is 6.23. The molecule has 0 bridgehead atoms. The summed E-state index contributed by atoms with van der Waals surface area (Å²) in [6.45, 7) is 4.11. The first-order chi connectivity index (χ1) is 7.81. The smallest absolute Gasteiger partial charge is 0.222 e. The third-order valence-electron chi connectivity index (χ3n) is 3.70. The van der Waals surface area contributed by atoms with Crippen LogP contribution in [0.5, 0.6) is 0 Å². The molecule has 0 spiro atoms. The summed E-state index contributed by atoms with van der Waals surface area (Å²) in [6, 6.07) is 0. The maximum Gasteiger partial charge on any atom is 0.222 e. The number of unbranched alkanes of at least 4 members (excludes halogenated alkanes) is 2. The van der Waals surface area contributed by atoms with Gasteiger partial charge in [-0.1, -0.05) is 0 Å². The first-order valence-corrected chi connectivity index (χ1v) is 6.23. The van der Waals surface area contributed by atoms with Gasteiger partial charge in [-0.2, -0.15) is 0 Å². The highest BCUT2D eigenvalue weighted by atomic mass is 16.2. The molecule has 0 aromatic carbocycles. The van der Waals surface area contributed by atoms with E-state index in [9.17, 15) is 4.79 Å². The van der Waals surface area contributed by atoms with E-state index in [1.807, 2.05) is 4.90 Å². The number of hydrogen-bond acceptors (Lipinski definition) is 2. The Balaban J connectivity index is 1.69. The number of nitrogens with one attached hydrogen (secondary N) is 1. The molecule has 0 aromatic heterocycles. The summed E-state index contributed by atoms with van der Waals surface area (Å²) in [5, 5.41) is 3.38. The molecule has 3 nitrogen and oxygen atoms in total. The fourth-order valence-electron chi connectivity index (χ4n) is 2.72. The number of carbonyl (C=O) groups excluding carboxylic acids is 1. The van der Waals surface area contributed by atoms with Crippen LogP contribution < -0.4 is 5.32 Å². The number of rotatable bonds is 4. The maximum atomic E-state index is 11.9. The van der Waals surface area contributed by atoms with Gasteiger partial charge >= 0.3 is 0 Å². The lowest BCUT2D eigenvalue weighted by molar-refractivity contribution is -0.130. The molecule has 0 radical (unpaired) electrons. The van der Waals surface area contributed by atoms with E-state index in [0.717, 1.165) is 45.4 Å². The van der Waals surface area contributed by atoms with Crippen LogP contribution in [0.4, 0.5) is 0 Å². The van der Waals surface area contributed by atoms with E-state index in [0.29, 0.717) is 24.2 Å². The number of likely N-dealkylation sites (tertiary alicyclic amines) is 1. The van der Waals surface area contributed by atoms with Gasteiger partial charge in [0.1, 0.15) is 0 Å². The molecule has 2 rings (SSSR count). The molecule has 2 fully saturated rings. The van der Waals surface area contributed by atoms with E-state index in [-0.39, 0.29) is 0 Å². The van der Waals surface area contributed by atoms with Crippen LogP contribution in [0, 0.1) is 24.2 Å². The van der Waals surface area contributed by atoms with E-state index in [2.05, 4.69) is 11.2 Å². The molecule has 1 amide bonds. The van der Waals surface area contributed by atoms with Crippen LogP contribution in [0.3, 0.4) is 0 Å². The Bertz CT molecular complexity index is 283. The van der Waals surface area contributed by atoms with Crippen molar-refractivity contribution in [2.24, 2.45) is 11.8 Å². The van der Waals surface area contributed by atoms with Crippen LogP contribution in [0.1, 0.15) is 25.7 Å². The quantitative estimate of drug-likeness (QED) is 0.563. The fourth-order valence-corrected chi connectivity index (χ4v) is 2.72. The Morgan fingerprint density at radius 2 is 2.00 bits per heavy atom. The van der Waals surface area contributed by atoms with E-state index in [1.54, 1.807) is 0 Å². The van der Waals surface area contributed by atoms with Crippen molar-refractivity contribution in [2.45, 2.75) is 25.7 Å². The maximum absolute atomic E-state index is 11.9. The molecule has 1 N–H and O–H groups in total. The van der Waals surface area contributed by atoms with Crippen LogP contribution in [-0.2, 0) is 4.79 Å². The van der Waals surface area contributed by atoms with Crippen molar-refractivity contribution < 1.29 is 4.79 Å². The molecule has 0 saturated carbocycles. The second-order valence-corrected chi connectivity index (χ2v) is 4.89. The van der Waals surface area contributed by atoms with Crippen molar-refractivity contribution in [3.8, 4) is 12.3 Å². The van der Waals surface area contributed by atoms with Gasteiger partial charge in [0.2, 0.25) is 5.91 Å². The van der Waals surface area contributed by atoms with E-state index >= 15 is 0 Å². The summed E-state index contributed by atoms with van der Waals surface area (Å²) < 4.78 is 0. The Morgan fingerprint density at radius 3 is 2.62 bits per heavy atom. The van der Waals surface area contributed by atoms with Gasteiger partial charge in [0.05, 0.1) is 0 Å². The van der Waals surface area contributed by atoms with Crippen molar-refractivity contribution in [2.75, 3.05) is 26.2 Å². The molecular formula is C13H20N2O. The van der Waals surface area contributed by atoms with E-state index in [4.69, 9.17) is 6.42 Å². The van der Waals surface area contributed by atoms with E-state index < -0.39 is 0 Å². The predicted molar refractivity (Wildman–Crippen MR) is 63.7 cm³/mol. The number of amides is 1. The standard InChI is InChI=1S/C13H20N2O/c1-2-3-4-5-6-13(16)15-9-11-7-14-8-12(11)10-15/h1,11-12,14H,3-10H2. The third-order valence-corrected chi connectivity index (χ3v) is 3.70. The molecule has 2 atom stereocenters. The van der Waals surface area contributed by atoms with Gasteiger partial charge in [-0.25, -0.2) is 0 Å². The highest BCUT2D eigenvalue weighted by Gasteiger charge is 2.37. The van der Waals surface area contributed by atoms with Gasteiger partial charge in [-0.3, -0.25) is 4.79 Å². The zero-order chi connectivity index (χ0) is 11.4. The van der Waals surface area contributed by atoms with Gasteiger partial charge in [0.25, 0.3) is 0 Å². The molecule has 2 heterocycles. The highest BCUT2D eigenvalue weighted by molar-refractivity contribution is 5.76. The molecule has 3 heteroatoms. The van der Waals surface area contributed by atoms with Crippen LogP contribution in [0.25, 0.3) is 0 Å². The molecule has 2 unspecified atom stereocenters. The number of terminal acetylenes is 1. The fraction of sp³-hybridized carbons (Fsp3) is 0.769. The minimum atomic E-state index is 0.325. The average molecular weight is 220 g/mol. The van der Waals surface area contributed by atoms with Crippen molar-refractivity contribution in [1.82, 2.24) is 10.2 Å². The van der Waals surface area contributed by atoms with Crippen molar-refractivity contribution in [3.05, 3.63) is 0 Å². The molecule has 2 saturated heterocycles. The molecule has 2 aliphatic heterocycles. The third kappa shape index (κ3) is 2.56. The summed E-state index contributed by atoms with van der Waals surface area (Å²) in [5.74, 6) is 4.34. The second-order valence-electron chi connectivity index (χ2n) is 4.89. The van der Waals surface area contributed by atoms with Crippen LogP contribution in [0.15, 0.2) is 0 Å². The Labute approximate surface area is 97.6 Å². The predicted octanol–water partition coefficient (Wildman–Crippen LogP) is 0.858. The van der Waals surface area contributed by atoms with Gasteiger partial charge in [-0.15, -0.1) is 12.3 Å². The number of nitrogens with zero attached hydrogens (tertiary/aromatic N) is 1. The van der Waals surface area contributed by atoms with Crippen molar-refractivity contribution in [3.63, 3.8) is 0 Å². The monoisotopic (exact) mass is 220 g/mol. The lowest BCUT2D eigenvalue weighted by atomic mass is 10.0. The summed E-state index contributed by atoms with van der Waals surface area (Å²) in [5.41, 5.74) is 0. The molecule has 0 aromatic rings. The average Bonchev–Trinajstić information content (AvgIpc) is 2.83. The normalized spacial score (nSPS) is 27.8. The second kappa shape index (κ2) is 5.36. The van der Waals surface area contributed by atoms with Gasteiger partial charge in [-0.05, 0) is 24.7 Å². The molecule has 88 valence electrons. The number of fused-ring (bicyclic) bond motifs is 1. The van der Waals surface area contributed by atoms with Crippen LogP contribution in [0.2, 0.25) is 0 Å². The Kier molecular flexibility index (Phi) is 3.84. The number of carbonyl (C=O) groups is 1. The Hall–Kier alpha value is -1.01. The van der Waals surface area contributed by atoms with Crippen molar-refractivity contribution >= 4 is 5.91 Å². The lowest BCUT2D eigenvalue weighted by Gasteiger charge is -2.17. The molecule has 2 aliphatic rings.